The van der Waals surface area contributed by atoms with Crippen LogP contribution in [-0.2, 0) is 10.1 Å². The lowest BCUT2D eigenvalue weighted by Crippen LogP contribution is -2.11. The summed E-state index contributed by atoms with van der Waals surface area (Å²) < 4.78 is 32.7. The van der Waals surface area contributed by atoms with Gasteiger partial charge in [-0.15, -0.1) is 0 Å². The quantitative estimate of drug-likeness (QED) is 0.385. The van der Waals surface area contributed by atoms with Gasteiger partial charge in [-0.25, -0.2) is 0 Å². The molecule has 19 heteroatoms. The molecule has 2 rings (SSSR count). The Labute approximate surface area is 155 Å². The van der Waals surface area contributed by atoms with Crippen molar-refractivity contribution in [2.45, 2.75) is 4.90 Å². The van der Waals surface area contributed by atoms with Crippen LogP contribution in [0.5, 0.6) is 0 Å². The Morgan fingerprint density at radius 1 is 0.655 bits per heavy atom. The minimum atomic E-state index is -5.74. The van der Waals surface area contributed by atoms with E-state index in [1.807, 2.05) is 0 Å². The first-order valence-electron chi connectivity index (χ1n) is 6.57. The van der Waals surface area contributed by atoms with Crippen LogP contribution in [0.25, 0.3) is 10.8 Å². The number of hydrogen-bond acceptors (Lipinski definition) is 12. The highest BCUT2D eigenvalue weighted by atomic mass is 32.2. The van der Waals surface area contributed by atoms with Crippen LogP contribution in [0, 0.1) is 50.6 Å². The van der Waals surface area contributed by atoms with Crippen molar-refractivity contribution in [2.75, 3.05) is 0 Å². The van der Waals surface area contributed by atoms with Gasteiger partial charge < -0.3 is 0 Å². The molecule has 0 saturated heterocycles. The van der Waals surface area contributed by atoms with Crippen LogP contribution in [0.3, 0.4) is 0 Å². The summed E-state index contributed by atoms with van der Waals surface area (Å²) >= 11 is 0. The third kappa shape index (κ3) is 3.21. The predicted octanol–water partition coefficient (Wildman–Crippen LogP) is 1.63. The topological polar surface area (TPSA) is 270 Å². The molecule has 29 heavy (non-hydrogen) atoms. The molecule has 0 fully saturated rings. The molecule has 1 N–H and O–H groups in total. The molecule has 2 aromatic rings. The highest BCUT2D eigenvalue weighted by molar-refractivity contribution is 7.86. The summed E-state index contributed by atoms with van der Waals surface area (Å²) in [4.78, 5) is 46.4. The second-order valence-corrected chi connectivity index (χ2v) is 6.35. The van der Waals surface area contributed by atoms with Gasteiger partial charge in [-0.1, -0.05) is 0 Å². The highest BCUT2D eigenvalue weighted by Crippen LogP contribution is 2.51. The lowest BCUT2D eigenvalue weighted by Gasteiger charge is -2.08. The molecule has 0 aliphatic heterocycles. The van der Waals surface area contributed by atoms with E-state index in [1.165, 1.54) is 0 Å². The molecule has 152 valence electrons. The van der Waals surface area contributed by atoms with Gasteiger partial charge in [-0.3, -0.25) is 55.1 Å². The van der Waals surface area contributed by atoms with E-state index in [0.717, 1.165) is 0 Å². The first-order chi connectivity index (χ1) is 13.2. The van der Waals surface area contributed by atoms with E-state index < -0.39 is 78.8 Å². The Morgan fingerprint density at radius 2 is 1.10 bits per heavy atom. The lowest BCUT2D eigenvalue weighted by molar-refractivity contribution is -0.442. The van der Waals surface area contributed by atoms with Gasteiger partial charge in [-0.2, -0.15) is 8.42 Å². The molecular weight excluding hydrogens is 430 g/mol. The minimum absolute atomic E-state index is 0.300. The van der Waals surface area contributed by atoms with E-state index in [9.17, 15) is 63.5 Å². The molecule has 0 radical (unpaired) electrons. The van der Waals surface area contributed by atoms with Crippen LogP contribution >= 0.6 is 0 Å². The third-order valence-corrected chi connectivity index (χ3v) is 4.42. The highest BCUT2D eigenvalue weighted by Gasteiger charge is 2.49. The molecule has 0 aliphatic rings. The smallest absolute Gasteiger partial charge is 0.282 e. The number of benzene rings is 2. The summed E-state index contributed by atoms with van der Waals surface area (Å²) in [7, 11) is -5.74. The molecule has 0 unspecified atom stereocenters. The number of nitrogens with zero attached hydrogens (tertiary/aromatic N) is 5. The summed E-state index contributed by atoms with van der Waals surface area (Å²) in [6.45, 7) is 0. The summed E-state index contributed by atoms with van der Waals surface area (Å²) in [6.07, 6.45) is 0. The second-order valence-electron chi connectivity index (χ2n) is 4.99. The summed E-state index contributed by atoms with van der Waals surface area (Å²) in [6, 6.07) is 0.641. The zero-order chi connectivity index (χ0) is 22.4. The Bertz CT molecular complexity index is 1270. The van der Waals surface area contributed by atoms with Crippen LogP contribution in [0.4, 0.5) is 28.4 Å². The van der Waals surface area contributed by atoms with Crippen LogP contribution < -0.4 is 0 Å². The molecule has 0 spiro atoms. The summed E-state index contributed by atoms with van der Waals surface area (Å²) in [5.74, 6) is 0. The van der Waals surface area contributed by atoms with E-state index in [1.54, 1.807) is 0 Å². The maximum atomic E-state index is 11.7. The van der Waals surface area contributed by atoms with Crippen molar-refractivity contribution in [2.24, 2.45) is 0 Å². The Balaban J connectivity index is 3.56. The molecule has 0 amide bonds. The van der Waals surface area contributed by atoms with Crippen molar-refractivity contribution < 1.29 is 37.6 Å². The van der Waals surface area contributed by atoms with Crippen LogP contribution in [0.15, 0.2) is 17.0 Å². The van der Waals surface area contributed by atoms with Gasteiger partial charge in [-0.05, 0) is 6.07 Å². The molecule has 0 atom stereocenters. The molecule has 0 heterocycles. The zero-order valence-corrected chi connectivity index (χ0v) is 14.0. The average molecular weight is 433 g/mol. The fourth-order valence-corrected chi connectivity index (χ4v) is 3.45. The molecule has 0 bridgehead atoms. The molecule has 18 nitrogen and oxygen atoms in total. The normalized spacial score (nSPS) is 11.2. The number of nitro benzene ring substituents is 5. The SMILES string of the molecule is O=[N+]([O-])c1ccc2c(S(=O)(=O)O)c([N+](=O)[O-])c([N+](=O)[O-])c([N+](=O)[O-])c2c1[N+](=O)[O-]. The zero-order valence-electron chi connectivity index (χ0n) is 13.1. The minimum Gasteiger partial charge on any atom is -0.282 e. The van der Waals surface area contributed by atoms with E-state index >= 15 is 0 Å². The van der Waals surface area contributed by atoms with E-state index in [2.05, 4.69) is 0 Å². The standard InChI is InChI=1S/C10H3N5O13S/c16-11(17)4-2-1-3-5(6(4)12(18)19)7(13(20)21)8(14(22)23)9(15(24)25)10(3)29(26,27)28/h1-2H,(H,26,27,28). The van der Waals surface area contributed by atoms with Crippen LogP contribution in [0.1, 0.15) is 0 Å². The first kappa shape index (κ1) is 20.9. The van der Waals surface area contributed by atoms with E-state index in [4.69, 9.17) is 0 Å². The van der Waals surface area contributed by atoms with Gasteiger partial charge in [0.15, 0.2) is 10.3 Å². The molecule has 0 aliphatic carbocycles. The van der Waals surface area contributed by atoms with Crippen LogP contribution in [-0.4, -0.2) is 37.6 Å². The number of hydrogen-bond donors (Lipinski definition) is 1. The van der Waals surface area contributed by atoms with E-state index in [-0.39, 0.29) is 0 Å². The molecular formula is C10H3N5O13S. The van der Waals surface area contributed by atoms with Crippen molar-refractivity contribution >= 4 is 49.3 Å². The van der Waals surface area contributed by atoms with Gasteiger partial charge in [0.2, 0.25) is 0 Å². The summed E-state index contributed by atoms with van der Waals surface area (Å²) in [5, 5.41) is 53.5. The molecule has 0 saturated carbocycles. The van der Waals surface area contributed by atoms with Crippen molar-refractivity contribution in [1.82, 2.24) is 0 Å². The number of fused-ring (bicyclic) bond motifs is 1. The average Bonchev–Trinajstić information content (AvgIpc) is 2.56. The van der Waals surface area contributed by atoms with Gasteiger partial charge in [0.1, 0.15) is 0 Å². The van der Waals surface area contributed by atoms with Crippen molar-refractivity contribution in [3.63, 3.8) is 0 Å². The van der Waals surface area contributed by atoms with Gasteiger partial charge in [0.05, 0.1) is 24.6 Å². The fourth-order valence-electron chi connectivity index (χ4n) is 2.59. The van der Waals surface area contributed by atoms with Gasteiger partial charge in [0.25, 0.3) is 0 Å². The third-order valence-electron chi connectivity index (χ3n) is 3.49. The van der Waals surface area contributed by atoms with Crippen molar-refractivity contribution in [3.8, 4) is 0 Å². The monoisotopic (exact) mass is 433 g/mol. The largest absolute Gasteiger partial charge is 0.424 e. The van der Waals surface area contributed by atoms with E-state index in [0.29, 0.717) is 12.1 Å². The number of nitro groups is 5. The van der Waals surface area contributed by atoms with Gasteiger partial charge in [0, 0.05) is 11.5 Å². The Kier molecular flexibility index (Phi) is 4.79. The van der Waals surface area contributed by atoms with Gasteiger partial charge >= 0.3 is 38.6 Å². The Hall–Kier alpha value is -4.39. The maximum Gasteiger partial charge on any atom is 0.424 e. The summed E-state index contributed by atoms with van der Waals surface area (Å²) in [5.41, 5.74) is -9.25. The van der Waals surface area contributed by atoms with Crippen molar-refractivity contribution in [1.29, 1.82) is 0 Å². The maximum absolute atomic E-state index is 11.7. The second kappa shape index (κ2) is 6.65. The molecule has 2 aromatic carbocycles. The first-order valence-corrected chi connectivity index (χ1v) is 8.01. The Morgan fingerprint density at radius 3 is 1.45 bits per heavy atom. The number of rotatable bonds is 6. The van der Waals surface area contributed by atoms with Crippen LogP contribution in [0.2, 0.25) is 0 Å². The lowest BCUT2D eigenvalue weighted by atomic mass is 10.0. The molecule has 0 aromatic heterocycles. The fraction of sp³-hybridized carbons (Fsp3) is 0. The predicted molar refractivity (Wildman–Crippen MR) is 87.0 cm³/mol. The van der Waals surface area contributed by atoms with Crippen molar-refractivity contribution in [3.05, 3.63) is 62.7 Å².